The molecule has 1 N–H and O–H groups in total. The van der Waals surface area contributed by atoms with Gasteiger partial charge >= 0.3 is 0 Å². The smallest absolute Gasteiger partial charge is 0.269 e. The number of H-pyrrole nitrogens is 1. The minimum absolute atomic E-state index is 0.0135. The van der Waals surface area contributed by atoms with Crippen molar-refractivity contribution in [1.29, 1.82) is 0 Å². The van der Waals surface area contributed by atoms with Crippen molar-refractivity contribution >= 4 is 11.9 Å². The minimum Gasteiger partial charge on any atom is -0.340 e. The van der Waals surface area contributed by atoms with E-state index in [0.29, 0.717) is 24.5 Å². The van der Waals surface area contributed by atoms with E-state index in [1.165, 1.54) is 30.5 Å². The molecule has 0 saturated carbocycles. The van der Waals surface area contributed by atoms with Crippen molar-refractivity contribution in [2.24, 2.45) is 5.10 Å². The van der Waals surface area contributed by atoms with Crippen LogP contribution in [-0.4, -0.2) is 26.1 Å². The number of benzene rings is 2. The van der Waals surface area contributed by atoms with E-state index in [-0.39, 0.29) is 17.1 Å². The second-order valence-corrected chi connectivity index (χ2v) is 6.04. The summed E-state index contributed by atoms with van der Waals surface area (Å²) in [5.74, 6) is -1.68. The van der Waals surface area contributed by atoms with Crippen molar-refractivity contribution in [3.63, 3.8) is 0 Å². The molecular formula is C18H13F2N5O2. The third-order valence-corrected chi connectivity index (χ3v) is 4.19. The Morgan fingerprint density at radius 1 is 1.22 bits per heavy atom. The van der Waals surface area contributed by atoms with Gasteiger partial charge in [-0.1, -0.05) is 18.2 Å². The molecule has 7 nitrogen and oxygen atoms in total. The number of imidazole rings is 1. The zero-order valence-electron chi connectivity index (χ0n) is 13.9. The number of nitro benzene ring substituents is 1. The summed E-state index contributed by atoms with van der Waals surface area (Å²) < 4.78 is 27.4. The Balaban J connectivity index is 1.56. The average Bonchev–Trinajstić information content (AvgIpc) is 3.07. The Morgan fingerprint density at radius 2 is 2.04 bits per heavy atom. The fourth-order valence-corrected chi connectivity index (χ4v) is 2.90. The number of hydrazone groups is 1. The number of aromatic nitrogens is 2. The molecule has 0 atom stereocenters. The lowest BCUT2D eigenvalue weighted by molar-refractivity contribution is -0.384. The maximum Gasteiger partial charge on any atom is 0.269 e. The largest absolute Gasteiger partial charge is 0.340 e. The summed E-state index contributed by atoms with van der Waals surface area (Å²) in [6.45, 7) is 0.721. The molecule has 4 rings (SSSR count). The number of hydrogen-bond donors (Lipinski definition) is 1. The van der Waals surface area contributed by atoms with Gasteiger partial charge in [0.1, 0.15) is 11.5 Å². The Bertz CT molecular complexity index is 1060. The van der Waals surface area contributed by atoms with Gasteiger partial charge in [-0.2, -0.15) is 5.10 Å². The first-order valence-electron chi connectivity index (χ1n) is 8.07. The van der Waals surface area contributed by atoms with E-state index >= 15 is 0 Å². The molecule has 136 valence electrons. The van der Waals surface area contributed by atoms with Gasteiger partial charge in [-0.05, 0) is 17.7 Å². The van der Waals surface area contributed by atoms with E-state index in [2.05, 4.69) is 15.1 Å². The van der Waals surface area contributed by atoms with E-state index < -0.39 is 16.6 Å². The number of nitrogens with one attached hydrogen (secondary N) is 1. The van der Waals surface area contributed by atoms with Crippen LogP contribution in [0.1, 0.15) is 17.0 Å². The lowest BCUT2D eigenvalue weighted by atomic mass is 10.2. The highest BCUT2D eigenvalue weighted by Crippen LogP contribution is 2.25. The molecule has 27 heavy (non-hydrogen) atoms. The molecule has 0 unspecified atom stereocenters. The lowest BCUT2D eigenvalue weighted by Crippen LogP contribution is -2.21. The summed E-state index contributed by atoms with van der Waals surface area (Å²) in [5, 5.41) is 16.9. The van der Waals surface area contributed by atoms with Gasteiger partial charge in [-0.25, -0.2) is 13.8 Å². The van der Waals surface area contributed by atoms with Crippen molar-refractivity contribution in [3.8, 4) is 11.4 Å². The normalized spacial score (nSPS) is 12.9. The van der Waals surface area contributed by atoms with Crippen molar-refractivity contribution in [2.75, 3.05) is 0 Å². The fourth-order valence-electron chi connectivity index (χ4n) is 2.90. The van der Waals surface area contributed by atoms with E-state index in [1.807, 2.05) is 0 Å². The number of nitrogens with zero attached hydrogens (tertiary/aromatic N) is 4. The van der Waals surface area contributed by atoms with E-state index in [0.717, 1.165) is 11.6 Å². The van der Waals surface area contributed by atoms with Gasteiger partial charge in [0.25, 0.3) is 5.69 Å². The molecule has 0 saturated heterocycles. The van der Waals surface area contributed by atoms with E-state index in [4.69, 9.17) is 0 Å². The van der Waals surface area contributed by atoms with Gasteiger partial charge < -0.3 is 4.98 Å². The summed E-state index contributed by atoms with van der Waals surface area (Å²) in [5.41, 5.74) is 2.04. The average molecular weight is 369 g/mol. The fraction of sp³-hybridized carbons (Fsp3) is 0.111. The number of rotatable bonds is 4. The van der Waals surface area contributed by atoms with Crippen molar-refractivity contribution in [1.82, 2.24) is 15.0 Å². The summed E-state index contributed by atoms with van der Waals surface area (Å²) in [4.78, 5) is 17.7. The first-order chi connectivity index (χ1) is 13.0. The summed E-state index contributed by atoms with van der Waals surface area (Å²) >= 11 is 0. The predicted molar refractivity (Wildman–Crippen MR) is 93.9 cm³/mol. The van der Waals surface area contributed by atoms with Crippen LogP contribution in [0.3, 0.4) is 0 Å². The molecule has 9 heteroatoms. The maximum atomic E-state index is 14.0. The molecule has 0 fully saturated rings. The third kappa shape index (κ3) is 3.26. The molecule has 1 aromatic heterocycles. The standard InChI is InChI=1S/C18H13F2N5O2/c19-14-6-2-5-13(17(14)20)18-22-15-8-21-24(10-16(15)23-18)9-11-3-1-4-12(7-11)25(26)27/h1-8H,9-10H2,(H,22,23). The first-order valence-corrected chi connectivity index (χ1v) is 8.07. The second kappa shape index (κ2) is 6.60. The van der Waals surface area contributed by atoms with Crippen molar-refractivity contribution in [3.05, 3.63) is 81.2 Å². The third-order valence-electron chi connectivity index (χ3n) is 4.19. The molecule has 1 aliphatic rings. The highest BCUT2D eigenvalue weighted by Gasteiger charge is 2.20. The molecular weight excluding hydrogens is 356 g/mol. The van der Waals surface area contributed by atoms with Crippen molar-refractivity contribution in [2.45, 2.75) is 13.1 Å². The number of hydrogen-bond acceptors (Lipinski definition) is 5. The zero-order valence-corrected chi connectivity index (χ0v) is 13.9. The van der Waals surface area contributed by atoms with Crippen LogP contribution in [0, 0.1) is 21.7 Å². The van der Waals surface area contributed by atoms with Crippen LogP contribution in [0.2, 0.25) is 0 Å². The first kappa shape index (κ1) is 16.8. The molecule has 1 aliphatic heterocycles. The molecule has 2 heterocycles. The van der Waals surface area contributed by atoms with Gasteiger partial charge in [-0.15, -0.1) is 0 Å². The van der Waals surface area contributed by atoms with Gasteiger partial charge in [0, 0.05) is 12.1 Å². The molecule has 0 bridgehead atoms. The summed E-state index contributed by atoms with van der Waals surface area (Å²) in [6, 6.07) is 10.2. The van der Waals surface area contributed by atoms with Crippen LogP contribution < -0.4 is 0 Å². The quantitative estimate of drug-likeness (QED) is 0.562. The maximum absolute atomic E-state index is 14.0. The molecule has 0 amide bonds. The minimum atomic E-state index is -0.964. The highest BCUT2D eigenvalue weighted by atomic mass is 19.2. The number of aromatic amines is 1. The van der Waals surface area contributed by atoms with Crippen LogP contribution in [0.5, 0.6) is 0 Å². The van der Waals surface area contributed by atoms with E-state index in [9.17, 15) is 18.9 Å². The Labute approximate surface area is 152 Å². The molecule has 0 aliphatic carbocycles. The van der Waals surface area contributed by atoms with Gasteiger partial charge in [0.15, 0.2) is 11.6 Å². The number of halogens is 2. The van der Waals surface area contributed by atoms with Crippen LogP contribution in [0.25, 0.3) is 11.4 Å². The monoisotopic (exact) mass is 369 g/mol. The zero-order chi connectivity index (χ0) is 19.0. The van der Waals surface area contributed by atoms with Crippen molar-refractivity contribution < 1.29 is 13.7 Å². The van der Waals surface area contributed by atoms with Crippen LogP contribution in [-0.2, 0) is 13.1 Å². The topological polar surface area (TPSA) is 87.4 Å². The molecule has 2 aromatic carbocycles. The Hall–Kier alpha value is -3.62. The number of nitro groups is 1. The van der Waals surface area contributed by atoms with Crippen LogP contribution >= 0.6 is 0 Å². The van der Waals surface area contributed by atoms with Crippen LogP contribution in [0.4, 0.5) is 14.5 Å². The molecule has 3 aromatic rings. The Kier molecular flexibility index (Phi) is 4.11. The highest BCUT2D eigenvalue weighted by molar-refractivity contribution is 5.80. The number of non-ortho nitro benzene ring substituents is 1. The van der Waals surface area contributed by atoms with Gasteiger partial charge in [-0.3, -0.25) is 15.1 Å². The van der Waals surface area contributed by atoms with E-state index in [1.54, 1.807) is 17.1 Å². The van der Waals surface area contributed by atoms with Crippen LogP contribution in [0.15, 0.2) is 47.6 Å². The van der Waals surface area contributed by atoms with Gasteiger partial charge in [0.2, 0.25) is 0 Å². The van der Waals surface area contributed by atoms with Gasteiger partial charge in [0.05, 0.1) is 35.5 Å². The number of fused-ring (bicyclic) bond motifs is 1. The summed E-state index contributed by atoms with van der Waals surface area (Å²) in [7, 11) is 0. The summed E-state index contributed by atoms with van der Waals surface area (Å²) in [6.07, 6.45) is 1.52. The lowest BCUT2D eigenvalue weighted by Gasteiger charge is -2.21. The predicted octanol–water partition coefficient (Wildman–Crippen LogP) is 3.61. The Morgan fingerprint density at radius 3 is 2.85 bits per heavy atom. The second-order valence-electron chi connectivity index (χ2n) is 6.04. The molecule has 0 spiro atoms. The molecule has 0 radical (unpaired) electrons. The SMILES string of the molecule is O=[N+]([O-])c1cccc(CN2Cc3[nH]c(-c4cccc(F)c4F)nc3C=N2)c1.